The number of benzene rings is 1. The molecular weight excluding hydrogens is 332 g/mol. The molecule has 1 heterocycles. The van der Waals surface area contributed by atoms with Crippen molar-refractivity contribution in [2.45, 2.75) is 40.0 Å². The molecule has 0 N–H and O–H groups in total. The summed E-state index contributed by atoms with van der Waals surface area (Å²) in [4.78, 5) is 13.2. The number of allylic oxidation sites excluding steroid dienone is 2. The Morgan fingerprint density at radius 3 is 2.41 bits per heavy atom. The van der Waals surface area contributed by atoms with Gasteiger partial charge >= 0.3 is 0 Å². The zero-order valence-electron chi connectivity index (χ0n) is 16.9. The Bertz CT molecular complexity index is 657. The van der Waals surface area contributed by atoms with Gasteiger partial charge in [0.1, 0.15) is 6.29 Å². The second-order valence-corrected chi connectivity index (χ2v) is 6.49. The third-order valence-corrected chi connectivity index (χ3v) is 4.35. The van der Waals surface area contributed by atoms with Crippen molar-refractivity contribution in [2.24, 2.45) is 5.92 Å². The van der Waals surface area contributed by atoms with Crippen molar-refractivity contribution in [2.75, 3.05) is 19.6 Å². The van der Waals surface area contributed by atoms with E-state index in [0.29, 0.717) is 5.56 Å². The SMILES string of the molecule is C#C.C/C=C\c1cc(C=O)ccc1/C=C/C#N.CCCN1CCC(C)CC1. The van der Waals surface area contributed by atoms with Crippen molar-refractivity contribution < 1.29 is 4.79 Å². The molecule has 27 heavy (non-hydrogen) atoms. The van der Waals surface area contributed by atoms with Crippen LogP contribution in [0.1, 0.15) is 61.5 Å². The standard InChI is InChI=1S/C13H11NO.C9H19N.C2H2/c1-2-4-13-9-11(10-15)6-7-12(13)5-3-8-14;1-3-6-10-7-4-9(2)5-8-10;1-2/h2-7,9-10H,1H3;9H,3-8H2,1-2H3;1-2H/b4-2-,5-3+;;. The van der Waals surface area contributed by atoms with Gasteiger partial charge in [-0.25, -0.2) is 0 Å². The molecule has 2 rings (SSSR count). The number of terminal acetylenes is 1. The van der Waals surface area contributed by atoms with E-state index in [1.54, 1.807) is 18.2 Å². The molecule has 3 nitrogen and oxygen atoms in total. The zero-order chi connectivity index (χ0) is 20.5. The summed E-state index contributed by atoms with van der Waals surface area (Å²) in [5.74, 6) is 0.980. The Morgan fingerprint density at radius 1 is 1.22 bits per heavy atom. The normalized spacial score (nSPS) is 14.7. The second kappa shape index (κ2) is 15.6. The van der Waals surface area contributed by atoms with Crippen LogP contribution in [0.15, 0.2) is 30.4 Å². The highest BCUT2D eigenvalue weighted by molar-refractivity contribution is 5.79. The summed E-state index contributed by atoms with van der Waals surface area (Å²) in [7, 11) is 0. The fraction of sp³-hybridized carbons (Fsp3) is 0.417. The third kappa shape index (κ3) is 10.2. The number of aldehydes is 1. The largest absolute Gasteiger partial charge is 0.303 e. The van der Waals surface area contributed by atoms with Gasteiger partial charge in [-0.15, -0.1) is 12.8 Å². The molecule has 0 spiro atoms. The number of carbonyl (C=O) groups is 1. The number of likely N-dealkylation sites (tertiary alicyclic amines) is 1. The van der Waals surface area contributed by atoms with Crippen LogP contribution in [0.25, 0.3) is 12.2 Å². The van der Waals surface area contributed by atoms with Gasteiger partial charge in [-0.05, 0) is 75.0 Å². The van der Waals surface area contributed by atoms with Crippen molar-refractivity contribution in [1.29, 1.82) is 5.26 Å². The Morgan fingerprint density at radius 2 is 1.89 bits per heavy atom. The highest BCUT2D eigenvalue weighted by Crippen LogP contribution is 2.16. The molecule has 0 radical (unpaired) electrons. The predicted octanol–water partition coefficient (Wildman–Crippen LogP) is 5.45. The molecule has 0 atom stereocenters. The first-order valence-corrected chi connectivity index (χ1v) is 9.48. The van der Waals surface area contributed by atoms with Crippen molar-refractivity contribution in [1.82, 2.24) is 4.90 Å². The van der Waals surface area contributed by atoms with Gasteiger partial charge < -0.3 is 4.90 Å². The number of nitriles is 1. The summed E-state index contributed by atoms with van der Waals surface area (Å²) >= 11 is 0. The van der Waals surface area contributed by atoms with Gasteiger partial charge in [-0.3, -0.25) is 4.79 Å². The number of hydrogen-bond donors (Lipinski definition) is 0. The fourth-order valence-electron chi connectivity index (χ4n) is 2.87. The van der Waals surface area contributed by atoms with Crippen LogP contribution in [0.5, 0.6) is 0 Å². The van der Waals surface area contributed by atoms with E-state index in [9.17, 15) is 4.79 Å². The maximum atomic E-state index is 10.6. The summed E-state index contributed by atoms with van der Waals surface area (Å²) in [6, 6.07) is 7.30. The lowest BCUT2D eigenvalue weighted by atomic mass is 9.99. The first kappa shape index (κ1) is 24.4. The number of rotatable bonds is 5. The zero-order valence-corrected chi connectivity index (χ0v) is 16.9. The molecule has 0 aromatic heterocycles. The van der Waals surface area contributed by atoms with Crippen LogP contribution >= 0.6 is 0 Å². The van der Waals surface area contributed by atoms with Gasteiger partial charge in [0, 0.05) is 11.6 Å². The molecule has 1 aromatic rings. The lowest BCUT2D eigenvalue weighted by molar-refractivity contribution is 0.112. The first-order chi connectivity index (χ1) is 13.1. The summed E-state index contributed by atoms with van der Waals surface area (Å²) in [6.45, 7) is 10.5. The molecule has 0 aliphatic carbocycles. The van der Waals surface area contributed by atoms with Gasteiger partial charge in [0.25, 0.3) is 0 Å². The molecule has 0 saturated carbocycles. The van der Waals surface area contributed by atoms with Crippen LogP contribution in [0, 0.1) is 30.1 Å². The summed E-state index contributed by atoms with van der Waals surface area (Å²) < 4.78 is 0. The lowest BCUT2D eigenvalue weighted by Crippen LogP contribution is -2.33. The van der Waals surface area contributed by atoms with Crippen molar-refractivity contribution in [3.8, 4) is 18.9 Å². The molecule has 0 bridgehead atoms. The average Bonchev–Trinajstić information content (AvgIpc) is 2.71. The van der Waals surface area contributed by atoms with Crippen LogP contribution < -0.4 is 0 Å². The Labute approximate surface area is 165 Å². The molecule has 1 aliphatic heterocycles. The Kier molecular flexibility index (Phi) is 14.1. The van der Waals surface area contributed by atoms with E-state index in [-0.39, 0.29) is 0 Å². The van der Waals surface area contributed by atoms with Gasteiger partial charge in [-0.1, -0.05) is 38.1 Å². The van der Waals surface area contributed by atoms with E-state index in [4.69, 9.17) is 5.26 Å². The highest BCUT2D eigenvalue weighted by atomic mass is 16.1. The second-order valence-electron chi connectivity index (χ2n) is 6.49. The molecule has 1 fully saturated rings. The van der Waals surface area contributed by atoms with Gasteiger partial charge in [-0.2, -0.15) is 5.26 Å². The quantitative estimate of drug-likeness (QED) is 0.396. The maximum absolute atomic E-state index is 10.6. The monoisotopic (exact) mass is 364 g/mol. The summed E-state index contributed by atoms with van der Waals surface area (Å²) in [6.07, 6.45) is 19.9. The average molecular weight is 365 g/mol. The summed E-state index contributed by atoms with van der Waals surface area (Å²) in [5, 5.41) is 8.44. The molecule has 144 valence electrons. The molecule has 1 aromatic carbocycles. The first-order valence-electron chi connectivity index (χ1n) is 9.48. The summed E-state index contributed by atoms with van der Waals surface area (Å²) in [5.41, 5.74) is 2.51. The fourth-order valence-corrected chi connectivity index (χ4v) is 2.87. The highest BCUT2D eigenvalue weighted by Gasteiger charge is 2.13. The van der Waals surface area contributed by atoms with Crippen LogP contribution in [0.3, 0.4) is 0 Å². The van der Waals surface area contributed by atoms with E-state index < -0.39 is 0 Å². The van der Waals surface area contributed by atoms with Crippen LogP contribution in [0.2, 0.25) is 0 Å². The van der Waals surface area contributed by atoms with Gasteiger partial charge in [0.15, 0.2) is 0 Å². The molecule has 1 saturated heterocycles. The number of hydrogen-bond acceptors (Lipinski definition) is 3. The third-order valence-electron chi connectivity index (χ3n) is 4.35. The van der Waals surface area contributed by atoms with E-state index in [2.05, 4.69) is 31.6 Å². The van der Waals surface area contributed by atoms with E-state index in [1.807, 2.05) is 31.2 Å². The predicted molar refractivity (Wildman–Crippen MR) is 116 cm³/mol. The minimum Gasteiger partial charge on any atom is -0.303 e. The molecular formula is C24H32N2O. The van der Waals surface area contributed by atoms with Crippen LogP contribution in [-0.4, -0.2) is 30.8 Å². The molecule has 3 heteroatoms. The minimum atomic E-state index is 0.636. The Hall–Kier alpha value is -2.62. The van der Waals surface area contributed by atoms with Crippen LogP contribution in [-0.2, 0) is 0 Å². The number of piperidine rings is 1. The number of nitrogens with zero attached hydrogens (tertiary/aromatic N) is 2. The number of carbonyl (C=O) groups excluding carboxylic acids is 1. The van der Waals surface area contributed by atoms with E-state index >= 15 is 0 Å². The van der Waals surface area contributed by atoms with Crippen molar-refractivity contribution in [3.05, 3.63) is 47.0 Å². The minimum absolute atomic E-state index is 0.636. The maximum Gasteiger partial charge on any atom is 0.150 e. The molecule has 1 aliphatic rings. The smallest absolute Gasteiger partial charge is 0.150 e. The van der Waals surface area contributed by atoms with Gasteiger partial charge in [0.05, 0.1) is 6.07 Å². The topological polar surface area (TPSA) is 44.1 Å². The molecule has 0 amide bonds. The van der Waals surface area contributed by atoms with Crippen LogP contribution in [0.4, 0.5) is 0 Å². The lowest BCUT2D eigenvalue weighted by Gasteiger charge is -2.29. The molecule has 0 unspecified atom stereocenters. The van der Waals surface area contributed by atoms with E-state index in [0.717, 1.165) is 23.3 Å². The van der Waals surface area contributed by atoms with E-state index in [1.165, 1.54) is 45.0 Å². The Balaban J connectivity index is 0.000000488. The van der Waals surface area contributed by atoms with Gasteiger partial charge in [0.2, 0.25) is 0 Å². The van der Waals surface area contributed by atoms with Crippen molar-refractivity contribution >= 4 is 18.4 Å². The van der Waals surface area contributed by atoms with Crippen molar-refractivity contribution in [3.63, 3.8) is 0 Å².